The van der Waals surface area contributed by atoms with E-state index in [1.165, 1.54) is 0 Å². The van der Waals surface area contributed by atoms with Gasteiger partial charge in [0.25, 0.3) is 0 Å². The third kappa shape index (κ3) is 5.58. The zero-order valence-corrected chi connectivity index (χ0v) is 9.09. The lowest BCUT2D eigenvalue weighted by molar-refractivity contribution is -0.112. The minimum Gasteiger partial charge on any atom is -0.374 e. The van der Waals surface area contributed by atoms with Gasteiger partial charge < -0.3 is 4.74 Å². The molecule has 0 bridgehead atoms. The molecule has 0 rings (SSSR count). The van der Waals surface area contributed by atoms with Crippen molar-refractivity contribution in [1.82, 2.24) is 0 Å². The Bertz CT molecular complexity index is 185. The van der Waals surface area contributed by atoms with Gasteiger partial charge >= 0.3 is 0 Å². The molecule has 76 valence electrons. The number of carbonyl (C=O) groups excluding carboxylic acids is 1. The summed E-state index contributed by atoms with van der Waals surface area (Å²) in [5.41, 5.74) is -0.276. The number of rotatable bonds is 6. The molecule has 0 aromatic heterocycles. The maximum Gasteiger partial charge on any atom is 0.152 e. The third-order valence-corrected chi connectivity index (χ3v) is 2.16. The minimum atomic E-state index is -0.276. The Morgan fingerprint density at radius 1 is 1.54 bits per heavy atom. The number of hydrogen-bond acceptors (Lipinski definition) is 2. The van der Waals surface area contributed by atoms with E-state index in [1.807, 2.05) is 13.0 Å². The number of unbranched alkanes of at least 4 members (excludes halogenated alkanes) is 1. The van der Waals surface area contributed by atoms with E-state index < -0.39 is 0 Å². The molecule has 1 unspecified atom stereocenters. The number of carbonyl (C=O) groups is 1. The summed E-state index contributed by atoms with van der Waals surface area (Å²) in [6, 6.07) is 0. The number of hydrogen-bond donors (Lipinski definition) is 0. The first kappa shape index (κ1) is 12.4. The van der Waals surface area contributed by atoms with Crippen LogP contribution in [0.2, 0.25) is 0 Å². The molecule has 0 aromatic rings. The molecule has 0 saturated carbocycles. The second kappa shape index (κ2) is 5.92. The van der Waals surface area contributed by atoms with E-state index in [-0.39, 0.29) is 11.4 Å². The Labute approximate surface area is 81.0 Å². The molecule has 0 heterocycles. The van der Waals surface area contributed by atoms with Crippen molar-refractivity contribution in [3.05, 3.63) is 12.2 Å². The topological polar surface area (TPSA) is 26.3 Å². The van der Waals surface area contributed by atoms with Crippen LogP contribution in [0.25, 0.3) is 0 Å². The lowest BCUT2D eigenvalue weighted by atomic mass is 9.98. The molecule has 0 amide bonds. The Kier molecular flexibility index (Phi) is 5.63. The van der Waals surface area contributed by atoms with Crippen LogP contribution in [-0.4, -0.2) is 18.5 Å². The van der Waals surface area contributed by atoms with Crippen LogP contribution in [0.1, 0.15) is 40.0 Å². The van der Waals surface area contributed by atoms with Gasteiger partial charge in [-0.15, -0.1) is 0 Å². The summed E-state index contributed by atoms with van der Waals surface area (Å²) in [7, 11) is 1.68. The summed E-state index contributed by atoms with van der Waals surface area (Å²) in [5.74, 6) is 0.0692. The Hall–Kier alpha value is -0.630. The molecule has 0 fully saturated rings. The number of allylic oxidation sites excluding steroid dienone is 1. The fourth-order valence-electron chi connectivity index (χ4n) is 1.07. The maximum atomic E-state index is 10.7. The van der Waals surface area contributed by atoms with Crippen molar-refractivity contribution in [2.24, 2.45) is 0 Å². The van der Waals surface area contributed by atoms with Crippen LogP contribution in [0.3, 0.4) is 0 Å². The molecule has 0 N–H and O–H groups in total. The molecule has 0 aliphatic heterocycles. The van der Waals surface area contributed by atoms with Crippen LogP contribution >= 0.6 is 0 Å². The van der Waals surface area contributed by atoms with E-state index in [9.17, 15) is 4.79 Å². The van der Waals surface area contributed by atoms with Crippen LogP contribution in [-0.2, 0) is 9.53 Å². The van der Waals surface area contributed by atoms with Gasteiger partial charge in [-0.3, -0.25) is 4.79 Å². The van der Waals surface area contributed by atoms with Gasteiger partial charge in [0.1, 0.15) is 0 Å². The fraction of sp³-hybridized carbons (Fsp3) is 0.727. The fourth-order valence-corrected chi connectivity index (χ4v) is 1.07. The largest absolute Gasteiger partial charge is 0.374 e. The summed E-state index contributed by atoms with van der Waals surface area (Å²) in [5, 5.41) is 0. The summed E-state index contributed by atoms with van der Waals surface area (Å²) in [6.45, 7) is 5.69. The highest BCUT2D eigenvalue weighted by Crippen LogP contribution is 2.19. The van der Waals surface area contributed by atoms with Crippen molar-refractivity contribution >= 4 is 5.78 Å². The molecule has 2 nitrogen and oxygen atoms in total. The van der Waals surface area contributed by atoms with Gasteiger partial charge in [0, 0.05) is 7.11 Å². The zero-order valence-electron chi connectivity index (χ0n) is 9.09. The number of ether oxygens (including phenoxy) is 1. The van der Waals surface area contributed by atoms with Crippen molar-refractivity contribution in [3.8, 4) is 0 Å². The Morgan fingerprint density at radius 3 is 2.54 bits per heavy atom. The normalized spacial score (nSPS) is 16.0. The van der Waals surface area contributed by atoms with Crippen molar-refractivity contribution in [1.29, 1.82) is 0 Å². The van der Waals surface area contributed by atoms with Crippen molar-refractivity contribution in [2.75, 3.05) is 7.11 Å². The lowest BCUT2D eigenvalue weighted by Crippen LogP contribution is -2.24. The van der Waals surface area contributed by atoms with E-state index in [0.29, 0.717) is 0 Å². The lowest BCUT2D eigenvalue weighted by Gasteiger charge is -2.23. The molecular weight excluding hydrogens is 164 g/mol. The highest BCUT2D eigenvalue weighted by molar-refractivity contribution is 5.87. The number of ketones is 1. The standard InChI is InChI=1S/C11H20O2/c1-5-6-8-11(3,13-4)9-7-10(2)12/h7,9H,5-6,8H2,1-4H3/b9-7+. The first-order chi connectivity index (χ1) is 6.04. The van der Waals surface area contributed by atoms with E-state index in [2.05, 4.69) is 6.92 Å². The van der Waals surface area contributed by atoms with Gasteiger partial charge in [-0.2, -0.15) is 0 Å². The van der Waals surface area contributed by atoms with Crippen molar-refractivity contribution < 1.29 is 9.53 Å². The van der Waals surface area contributed by atoms with Crippen molar-refractivity contribution in [3.63, 3.8) is 0 Å². The summed E-state index contributed by atoms with van der Waals surface area (Å²) >= 11 is 0. The van der Waals surface area contributed by atoms with Crippen LogP contribution in [0, 0.1) is 0 Å². The van der Waals surface area contributed by atoms with Gasteiger partial charge in [0.2, 0.25) is 0 Å². The SMILES string of the molecule is CCCCC(C)(/C=C/C(C)=O)OC. The van der Waals surface area contributed by atoms with Crippen LogP contribution in [0.5, 0.6) is 0 Å². The second-order valence-corrected chi connectivity index (χ2v) is 3.56. The smallest absolute Gasteiger partial charge is 0.152 e. The van der Waals surface area contributed by atoms with Gasteiger partial charge in [-0.25, -0.2) is 0 Å². The molecule has 0 aliphatic rings. The van der Waals surface area contributed by atoms with Crippen molar-refractivity contribution in [2.45, 2.75) is 45.6 Å². The maximum absolute atomic E-state index is 10.7. The molecular formula is C11H20O2. The molecule has 0 saturated heterocycles. The van der Waals surface area contributed by atoms with E-state index in [4.69, 9.17) is 4.74 Å². The van der Waals surface area contributed by atoms with Gasteiger partial charge in [0.05, 0.1) is 5.60 Å². The first-order valence-corrected chi connectivity index (χ1v) is 4.79. The monoisotopic (exact) mass is 184 g/mol. The van der Waals surface area contributed by atoms with Gasteiger partial charge in [-0.05, 0) is 32.4 Å². The molecule has 1 atom stereocenters. The Morgan fingerprint density at radius 2 is 2.15 bits per heavy atom. The highest BCUT2D eigenvalue weighted by Gasteiger charge is 2.18. The quantitative estimate of drug-likeness (QED) is 0.593. The van der Waals surface area contributed by atoms with Gasteiger partial charge in [0.15, 0.2) is 5.78 Å². The molecule has 0 aliphatic carbocycles. The van der Waals surface area contributed by atoms with E-state index in [1.54, 1.807) is 20.1 Å². The minimum absolute atomic E-state index is 0.0692. The van der Waals surface area contributed by atoms with Crippen LogP contribution < -0.4 is 0 Å². The highest BCUT2D eigenvalue weighted by atomic mass is 16.5. The first-order valence-electron chi connectivity index (χ1n) is 4.79. The predicted octanol–water partition coefficient (Wildman–Crippen LogP) is 2.73. The third-order valence-electron chi connectivity index (χ3n) is 2.16. The molecule has 0 radical (unpaired) electrons. The molecule has 0 aromatic carbocycles. The average molecular weight is 184 g/mol. The summed E-state index contributed by atoms with van der Waals surface area (Å²) in [6.07, 6.45) is 6.66. The molecule has 0 spiro atoms. The predicted molar refractivity (Wildman–Crippen MR) is 54.8 cm³/mol. The second-order valence-electron chi connectivity index (χ2n) is 3.56. The summed E-state index contributed by atoms with van der Waals surface area (Å²) < 4.78 is 5.35. The molecule has 13 heavy (non-hydrogen) atoms. The van der Waals surface area contributed by atoms with E-state index in [0.717, 1.165) is 19.3 Å². The number of methoxy groups -OCH3 is 1. The van der Waals surface area contributed by atoms with Crippen LogP contribution in [0.4, 0.5) is 0 Å². The molecule has 2 heteroatoms. The Balaban J connectivity index is 4.18. The zero-order chi connectivity index (χ0) is 10.3. The average Bonchev–Trinajstić information content (AvgIpc) is 2.11. The summed E-state index contributed by atoms with van der Waals surface area (Å²) in [4.78, 5) is 10.7. The van der Waals surface area contributed by atoms with Crippen LogP contribution in [0.15, 0.2) is 12.2 Å². The van der Waals surface area contributed by atoms with Gasteiger partial charge in [-0.1, -0.05) is 19.8 Å². The van der Waals surface area contributed by atoms with E-state index >= 15 is 0 Å².